The normalized spacial score (nSPS) is 18.9. The van der Waals surface area contributed by atoms with Crippen LogP contribution in [0.3, 0.4) is 0 Å². The molecule has 2 saturated heterocycles. The fourth-order valence-corrected chi connectivity index (χ4v) is 7.78. The van der Waals surface area contributed by atoms with Crippen LogP contribution >= 0.6 is 11.6 Å². The molecular weight excluding hydrogens is 624 g/mol. The molecule has 2 aromatic carbocycles. The van der Waals surface area contributed by atoms with E-state index in [2.05, 4.69) is 44.8 Å². The Hall–Kier alpha value is -3.10. The number of nitrogens with one attached hydrogen (secondary N) is 1. The standard InChI is InChI=1S/C31H38ClN3O4.C8H19N/c1-30(2,3)39-29(38)34-17-14-31(15-18-34)13-6-16-35(20-31)28(37)22-10-9-21-11-12-26(24(21)19-22)33-27(36)23-7-4-5-8-25(23)32;1-6-9(7(2)3)8(4)5/h4-5,7-10,19,26H,6,11-18,20H2,1-3H3,(H,33,36);7-8H,6H2,1-5H3/t26-;/m1./s1. The van der Waals surface area contributed by atoms with E-state index in [0.29, 0.717) is 47.9 Å². The molecule has 264 valence electrons. The lowest BCUT2D eigenvalue weighted by Gasteiger charge is -2.47. The molecule has 0 radical (unpaired) electrons. The van der Waals surface area contributed by atoms with Gasteiger partial charge in [0, 0.05) is 43.8 Å². The maximum atomic E-state index is 13.7. The van der Waals surface area contributed by atoms with Gasteiger partial charge in [0.2, 0.25) is 0 Å². The van der Waals surface area contributed by atoms with Crippen LogP contribution in [0.5, 0.6) is 0 Å². The number of likely N-dealkylation sites (tertiary alicyclic amines) is 2. The third-order valence-corrected chi connectivity index (χ3v) is 10.3. The number of hydrogen-bond acceptors (Lipinski definition) is 5. The highest BCUT2D eigenvalue weighted by molar-refractivity contribution is 6.33. The van der Waals surface area contributed by atoms with Crippen molar-refractivity contribution in [2.75, 3.05) is 32.7 Å². The van der Waals surface area contributed by atoms with Gasteiger partial charge >= 0.3 is 6.09 Å². The Kier molecular flexibility index (Phi) is 12.6. The molecule has 1 spiro atoms. The predicted octanol–water partition coefficient (Wildman–Crippen LogP) is 8.14. The second-order valence-electron chi connectivity index (χ2n) is 15.3. The molecule has 0 unspecified atom stereocenters. The van der Waals surface area contributed by atoms with Crippen LogP contribution in [0.25, 0.3) is 0 Å². The summed E-state index contributed by atoms with van der Waals surface area (Å²) in [5, 5.41) is 3.55. The fourth-order valence-electron chi connectivity index (χ4n) is 7.56. The predicted molar refractivity (Wildman–Crippen MR) is 194 cm³/mol. The Bertz CT molecular complexity index is 1420. The second-order valence-corrected chi connectivity index (χ2v) is 15.7. The van der Waals surface area contributed by atoms with Crippen molar-refractivity contribution in [1.82, 2.24) is 20.0 Å². The van der Waals surface area contributed by atoms with E-state index >= 15 is 0 Å². The Balaban J connectivity index is 0.000000508. The smallest absolute Gasteiger partial charge is 0.410 e. The molecule has 2 fully saturated rings. The highest BCUT2D eigenvalue weighted by Gasteiger charge is 2.41. The Morgan fingerprint density at radius 2 is 1.65 bits per heavy atom. The highest BCUT2D eigenvalue weighted by atomic mass is 35.5. The molecule has 2 aliphatic heterocycles. The molecule has 2 heterocycles. The van der Waals surface area contributed by atoms with Crippen LogP contribution in [-0.4, -0.2) is 83.0 Å². The summed E-state index contributed by atoms with van der Waals surface area (Å²) in [6.07, 6.45) is 5.17. The van der Waals surface area contributed by atoms with Gasteiger partial charge in [-0.15, -0.1) is 0 Å². The van der Waals surface area contributed by atoms with Gasteiger partial charge in [-0.25, -0.2) is 4.79 Å². The first-order valence-electron chi connectivity index (χ1n) is 17.8. The number of carbonyl (C=O) groups is 3. The number of hydrogen-bond donors (Lipinski definition) is 1. The first kappa shape index (κ1) is 37.7. The summed E-state index contributed by atoms with van der Waals surface area (Å²) in [5.41, 5.74) is 2.83. The van der Waals surface area contributed by atoms with Gasteiger partial charge in [-0.1, -0.05) is 36.7 Å². The molecule has 3 aliphatic rings. The van der Waals surface area contributed by atoms with Gasteiger partial charge in [0.25, 0.3) is 11.8 Å². The maximum absolute atomic E-state index is 13.7. The van der Waals surface area contributed by atoms with Crippen LogP contribution in [-0.2, 0) is 11.2 Å². The molecular formula is C39H57ClN4O4. The number of rotatable bonds is 6. The van der Waals surface area contributed by atoms with Crippen LogP contribution < -0.4 is 5.32 Å². The van der Waals surface area contributed by atoms with E-state index in [1.54, 1.807) is 29.2 Å². The first-order chi connectivity index (χ1) is 22.6. The minimum absolute atomic E-state index is 0.0363. The van der Waals surface area contributed by atoms with Crippen LogP contribution in [0, 0.1) is 5.41 Å². The zero-order chi connectivity index (χ0) is 35.2. The monoisotopic (exact) mass is 680 g/mol. The quantitative estimate of drug-likeness (QED) is 0.333. The highest BCUT2D eigenvalue weighted by Crippen LogP contribution is 2.41. The van der Waals surface area contributed by atoms with Crippen molar-refractivity contribution in [3.63, 3.8) is 0 Å². The number of aryl methyl sites for hydroxylation is 1. The molecule has 8 nitrogen and oxygen atoms in total. The Labute approximate surface area is 293 Å². The van der Waals surface area contributed by atoms with Crippen molar-refractivity contribution >= 4 is 29.5 Å². The third kappa shape index (κ3) is 9.53. The second kappa shape index (κ2) is 16.1. The van der Waals surface area contributed by atoms with Crippen molar-refractivity contribution in [2.24, 2.45) is 5.41 Å². The number of nitrogens with zero attached hydrogens (tertiary/aromatic N) is 3. The van der Waals surface area contributed by atoms with Gasteiger partial charge < -0.3 is 19.9 Å². The van der Waals surface area contributed by atoms with E-state index in [-0.39, 0.29) is 29.4 Å². The summed E-state index contributed by atoms with van der Waals surface area (Å²) in [5.74, 6) is -0.166. The largest absolute Gasteiger partial charge is 0.444 e. The van der Waals surface area contributed by atoms with E-state index < -0.39 is 5.60 Å². The molecule has 1 aliphatic carbocycles. The molecule has 9 heteroatoms. The van der Waals surface area contributed by atoms with E-state index in [4.69, 9.17) is 16.3 Å². The van der Waals surface area contributed by atoms with E-state index in [9.17, 15) is 14.4 Å². The number of piperidine rings is 2. The molecule has 1 atom stereocenters. The first-order valence-corrected chi connectivity index (χ1v) is 18.2. The molecule has 0 bridgehead atoms. The summed E-state index contributed by atoms with van der Waals surface area (Å²) in [6, 6.07) is 14.2. The summed E-state index contributed by atoms with van der Waals surface area (Å²) >= 11 is 6.23. The third-order valence-electron chi connectivity index (χ3n) is 10.0. The van der Waals surface area contributed by atoms with Gasteiger partial charge in [-0.2, -0.15) is 0 Å². The van der Waals surface area contributed by atoms with Crippen LogP contribution in [0.4, 0.5) is 4.79 Å². The number of halogens is 1. The molecule has 48 heavy (non-hydrogen) atoms. The molecule has 2 aromatic rings. The number of fused-ring (bicyclic) bond motifs is 1. The van der Waals surface area contributed by atoms with Crippen LogP contribution in [0.2, 0.25) is 5.02 Å². The van der Waals surface area contributed by atoms with E-state index in [1.165, 1.54) is 5.56 Å². The van der Waals surface area contributed by atoms with Crippen molar-refractivity contribution in [1.29, 1.82) is 0 Å². The number of amides is 3. The number of carbonyl (C=O) groups excluding carboxylic acids is 3. The molecule has 3 amide bonds. The van der Waals surface area contributed by atoms with Gasteiger partial charge in [0.05, 0.1) is 16.6 Å². The maximum Gasteiger partial charge on any atom is 0.410 e. The lowest BCUT2D eigenvalue weighted by atomic mass is 9.72. The number of benzene rings is 2. The zero-order valence-electron chi connectivity index (χ0n) is 30.4. The van der Waals surface area contributed by atoms with Gasteiger partial charge in [0.1, 0.15) is 5.60 Å². The molecule has 1 N–H and O–H groups in total. The van der Waals surface area contributed by atoms with Crippen LogP contribution in [0.1, 0.15) is 125 Å². The van der Waals surface area contributed by atoms with Gasteiger partial charge in [-0.05, 0) is 134 Å². The summed E-state index contributed by atoms with van der Waals surface area (Å²) in [6.45, 7) is 20.7. The SMILES string of the molecule is CC(C)(C)OC(=O)N1CCC2(CCCN(C(=O)c3ccc4c(c3)[C@H](NC(=O)c3ccccc3Cl)CC4)C2)CC1.CCN(C(C)C)C(C)C. The fraction of sp³-hybridized carbons (Fsp3) is 0.615. The molecule has 0 aromatic heterocycles. The summed E-state index contributed by atoms with van der Waals surface area (Å²) < 4.78 is 5.56. The van der Waals surface area contributed by atoms with Gasteiger partial charge in [0.15, 0.2) is 0 Å². The Morgan fingerprint density at radius 3 is 2.23 bits per heavy atom. The minimum atomic E-state index is -0.507. The van der Waals surface area contributed by atoms with Crippen molar-refractivity contribution in [3.8, 4) is 0 Å². The van der Waals surface area contributed by atoms with Gasteiger partial charge in [-0.3, -0.25) is 14.5 Å². The van der Waals surface area contributed by atoms with Crippen molar-refractivity contribution in [3.05, 3.63) is 69.7 Å². The molecule has 0 saturated carbocycles. The van der Waals surface area contributed by atoms with Crippen molar-refractivity contribution < 1.29 is 19.1 Å². The molecule has 5 rings (SSSR count). The summed E-state index contributed by atoms with van der Waals surface area (Å²) in [4.78, 5) is 45.4. The zero-order valence-corrected chi connectivity index (χ0v) is 31.2. The minimum Gasteiger partial charge on any atom is -0.444 e. The average molecular weight is 681 g/mol. The van der Waals surface area contributed by atoms with Crippen LogP contribution in [0.15, 0.2) is 42.5 Å². The lowest BCUT2D eigenvalue weighted by Crippen LogP contribution is -2.52. The lowest BCUT2D eigenvalue weighted by molar-refractivity contribution is -0.00498. The Morgan fingerprint density at radius 1 is 0.979 bits per heavy atom. The average Bonchev–Trinajstić information content (AvgIpc) is 3.42. The van der Waals surface area contributed by atoms with Crippen molar-refractivity contribution in [2.45, 2.75) is 118 Å². The topological polar surface area (TPSA) is 82.2 Å². The summed E-state index contributed by atoms with van der Waals surface area (Å²) in [7, 11) is 0. The van der Waals surface area contributed by atoms with E-state index in [1.807, 2.05) is 43.9 Å². The number of ether oxygens (including phenoxy) is 1. The van der Waals surface area contributed by atoms with E-state index in [0.717, 1.165) is 57.2 Å².